The molecule has 526 valence electrons. The number of rotatable bonds is 10. The Bertz CT molecular complexity index is 7910. The molecule has 2 aromatic heterocycles. The molecule has 0 spiro atoms. The normalized spacial score (nSPS) is 11.9. The van der Waals surface area contributed by atoms with E-state index in [9.17, 15) is 0 Å². The molecule has 0 aliphatic rings. The summed E-state index contributed by atoms with van der Waals surface area (Å²) in [7, 11) is 0. The Kier molecular flexibility index (Phi) is 15.0. The lowest BCUT2D eigenvalue weighted by atomic mass is 9.88. The summed E-state index contributed by atoms with van der Waals surface area (Å²) >= 11 is 0. The Morgan fingerprint density at radius 1 is 0.114 bits per heavy atom. The van der Waals surface area contributed by atoms with Crippen molar-refractivity contribution in [3.63, 3.8) is 0 Å². The summed E-state index contributed by atoms with van der Waals surface area (Å²) < 4.78 is 0. The molecule has 114 heavy (non-hydrogen) atoms. The van der Waals surface area contributed by atoms with Crippen molar-refractivity contribution >= 4 is 129 Å². The van der Waals surface area contributed by atoms with Crippen LogP contribution in [0, 0.1) is 0 Å². The van der Waals surface area contributed by atoms with Crippen molar-refractivity contribution in [2.75, 3.05) is 0 Å². The third kappa shape index (κ3) is 10.8. The lowest BCUT2D eigenvalue weighted by Crippen LogP contribution is -1.96. The van der Waals surface area contributed by atoms with Gasteiger partial charge in [-0.2, -0.15) is 0 Å². The van der Waals surface area contributed by atoms with Gasteiger partial charge in [0, 0.05) is 27.8 Å². The van der Waals surface area contributed by atoms with E-state index < -0.39 is 0 Å². The maximum atomic E-state index is 5.33. The number of aromatic nitrogens is 4. The summed E-state index contributed by atoms with van der Waals surface area (Å²) in [6, 6.07) is 145. The molecular formula is C110H66N4. The first-order valence-corrected chi connectivity index (χ1v) is 39.1. The maximum absolute atomic E-state index is 5.33. The van der Waals surface area contributed by atoms with Crippen LogP contribution in [-0.2, 0) is 0 Å². The van der Waals surface area contributed by atoms with Gasteiger partial charge in [-0.25, -0.2) is 19.9 Å². The van der Waals surface area contributed by atoms with Crippen LogP contribution in [0.2, 0.25) is 0 Å². The van der Waals surface area contributed by atoms with E-state index in [1.165, 1.54) is 146 Å². The average Bonchev–Trinajstić information content (AvgIpc) is 0.748. The first-order valence-electron chi connectivity index (χ1n) is 39.1. The molecule has 0 bridgehead atoms. The van der Waals surface area contributed by atoms with Crippen molar-refractivity contribution in [3.8, 4) is 112 Å². The highest BCUT2D eigenvalue weighted by Gasteiger charge is 2.20. The standard InChI is InChI=1S/C110H66N4/c1-2-20-67(21-3-1)110-113-108(80-28-18-24-70(56-80)73-43-49-95-87-35-7-5-31-83(87)85-33-9-12-38-90(85)101(95)59-73)65-109(114-110)81-29-19-25-71(57-81)74-45-51-97-98-52-46-76(62-103(98)93-41-15-14-40-92(93)102(97)60-74)77-47-53-99-104(63-77)91-39-13-10-36-88(91)96-50-44-75(61-105(96)99)69-23-17-27-79(55-69)107-64-106(111-66-112-107)78-26-16-22-68(54-78)72-42-48-94-86-34-6-4-30-82(86)84-32-8-11-37-89(84)100(94)58-72/h1-66H. The van der Waals surface area contributed by atoms with E-state index in [0.29, 0.717) is 5.82 Å². The Labute approximate surface area is 657 Å². The minimum Gasteiger partial charge on any atom is -0.236 e. The predicted octanol–water partition coefficient (Wildman–Crippen LogP) is 29.8. The maximum Gasteiger partial charge on any atom is 0.160 e. The van der Waals surface area contributed by atoms with E-state index in [1.54, 1.807) is 6.33 Å². The minimum absolute atomic E-state index is 0.682. The molecule has 0 atom stereocenters. The van der Waals surface area contributed by atoms with Gasteiger partial charge in [0.1, 0.15) is 6.33 Å². The molecule has 23 rings (SSSR count). The molecule has 0 saturated carbocycles. The van der Waals surface area contributed by atoms with Gasteiger partial charge >= 0.3 is 0 Å². The molecule has 4 nitrogen and oxygen atoms in total. The van der Waals surface area contributed by atoms with Gasteiger partial charge in [0.2, 0.25) is 0 Å². The summed E-state index contributed by atoms with van der Waals surface area (Å²) in [6.07, 6.45) is 1.70. The van der Waals surface area contributed by atoms with Crippen molar-refractivity contribution in [1.29, 1.82) is 0 Å². The Morgan fingerprint density at radius 3 is 0.561 bits per heavy atom. The molecule has 0 amide bonds. The summed E-state index contributed by atoms with van der Waals surface area (Å²) in [5.74, 6) is 0.682. The second-order valence-corrected chi connectivity index (χ2v) is 30.3. The van der Waals surface area contributed by atoms with Crippen molar-refractivity contribution in [2.45, 2.75) is 0 Å². The quantitative estimate of drug-likeness (QED) is 0.128. The van der Waals surface area contributed by atoms with Crippen molar-refractivity contribution < 1.29 is 0 Å². The molecule has 0 radical (unpaired) electrons. The summed E-state index contributed by atoms with van der Waals surface area (Å²) in [5.41, 5.74) is 20.0. The van der Waals surface area contributed by atoms with Gasteiger partial charge in [-0.15, -0.1) is 0 Å². The van der Waals surface area contributed by atoms with Crippen molar-refractivity contribution in [1.82, 2.24) is 19.9 Å². The van der Waals surface area contributed by atoms with E-state index in [1.807, 2.05) is 6.07 Å². The molecular weight excluding hydrogens is 1380 g/mol. The Hall–Kier alpha value is -15.1. The zero-order valence-corrected chi connectivity index (χ0v) is 61.9. The molecule has 0 aliphatic carbocycles. The third-order valence-corrected chi connectivity index (χ3v) is 23.9. The van der Waals surface area contributed by atoms with Gasteiger partial charge in [0.15, 0.2) is 5.82 Å². The second kappa shape index (κ2) is 26.3. The fourth-order valence-corrected chi connectivity index (χ4v) is 18.4. The molecule has 0 unspecified atom stereocenters. The molecule has 23 aromatic rings. The number of fused-ring (bicyclic) bond motifs is 24. The summed E-state index contributed by atoms with van der Waals surface area (Å²) in [5, 5.41) is 29.9. The van der Waals surface area contributed by atoms with Gasteiger partial charge in [-0.3, -0.25) is 0 Å². The van der Waals surface area contributed by atoms with E-state index in [2.05, 4.69) is 388 Å². The summed E-state index contributed by atoms with van der Waals surface area (Å²) in [4.78, 5) is 20.4. The molecule has 0 saturated heterocycles. The monoisotopic (exact) mass is 1440 g/mol. The van der Waals surface area contributed by atoms with Gasteiger partial charge in [-0.05, 0) is 258 Å². The third-order valence-electron chi connectivity index (χ3n) is 23.9. The lowest BCUT2D eigenvalue weighted by Gasteiger charge is -2.15. The molecule has 0 N–H and O–H groups in total. The zero-order chi connectivity index (χ0) is 74.9. The van der Waals surface area contributed by atoms with Crippen LogP contribution < -0.4 is 0 Å². The first kappa shape index (κ1) is 64.8. The van der Waals surface area contributed by atoms with Crippen LogP contribution in [0.4, 0.5) is 0 Å². The number of hydrogen-bond acceptors (Lipinski definition) is 4. The van der Waals surface area contributed by atoms with E-state index >= 15 is 0 Å². The van der Waals surface area contributed by atoms with Crippen LogP contribution in [-0.4, -0.2) is 19.9 Å². The first-order chi connectivity index (χ1) is 56.5. The molecule has 0 aliphatic heterocycles. The van der Waals surface area contributed by atoms with Crippen LogP contribution in [0.3, 0.4) is 0 Å². The number of hydrogen-bond donors (Lipinski definition) is 0. The molecule has 2 heterocycles. The average molecular weight is 1440 g/mol. The van der Waals surface area contributed by atoms with Gasteiger partial charge in [0.05, 0.1) is 22.8 Å². The van der Waals surface area contributed by atoms with Crippen LogP contribution in [0.25, 0.3) is 241 Å². The lowest BCUT2D eigenvalue weighted by molar-refractivity contribution is 1.18. The Balaban J connectivity index is 0.558. The van der Waals surface area contributed by atoms with E-state index in [-0.39, 0.29) is 0 Å². The van der Waals surface area contributed by atoms with Crippen LogP contribution >= 0.6 is 0 Å². The minimum atomic E-state index is 0.682. The number of benzene rings is 21. The Morgan fingerprint density at radius 2 is 0.298 bits per heavy atom. The van der Waals surface area contributed by atoms with Crippen LogP contribution in [0.5, 0.6) is 0 Å². The van der Waals surface area contributed by atoms with Crippen LogP contribution in [0.1, 0.15) is 0 Å². The molecule has 21 aromatic carbocycles. The zero-order valence-electron chi connectivity index (χ0n) is 61.9. The molecule has 4 heteroatoms. The van der Waals surface area contributed by atoms with Gasteiger partial charge < -0.3 is 0 Å². The highest BCUT2D eigenvalue weighted by atomic mass is 14.9. The predicted molar refractivity (Wildman–Crippen MR) is 482 cm³/mol. The van der Waals surface area contributed by atoms with E-state index in [0.717, 1.165) is 89.5 Å². The van der Waals surface area contributed by atoms with Gasteiger partial charge in [0.25, 0.3) is 0 Å². The van der Waals surface area contributed by atoms with Gasteiger partial charge in [-0.1, -0.05) is 322 Å². The number of nitrogens with zero attached hydrogens (tertiary/aromatic N) is 4. The van der Waals surface area contributed by atoms with E-state index in [4.69, 9.17) is 19.9 Å². The fraction of sp³-hybridized carbons (Fsp3) is 0. The summed E-state index contributed by atoms with van der Waals surface area (Å²) in [6.45, 7) is 0. The smallest absolute Gasteiger partial charge is 0.160 e. The SMILES string of the molecule is c1ccc(-c2nc(-c3cccc(-c4ccc5c6ccccc6c6ccccc6c5c4)c3)cc(-c3cccc(-c4ccc5c6ccc(-c7ccc8c9cc(-c%10cccc(-c%11cc(-c%12cccc(-c%13ccc%14c%15ccccc%15c%15ccccc%15c%14c%13)c%12)ncn%11)c%10)ccc9c9ccccc9c8c7)cc6c6ccccc6c5c4)c3)n2)cc1. The fourth-order valence-electron chi connectivity index (χ4n) is 18.4. The highest BCUT2D eigenvalue weighted by Crippen LogP contribution is 2.46. The largest absolute Gasteiger partial charge is 0.236 e. The second-order valence-electron chi connectivity index (χ2n) is 30.3. The highest BCUT2D eigenvalue weighted by molar-refractivity contribution is 6.30. The van der Waals surface area contributed by atoms with Crippen molar-refractivity contribution in [3.05, 3.63) is 401 Å². The molecule has 0 fully saturated rings. The van der Waals surface area contributed by atoms with Crippen molar-refractivity contribution in [2.24, 2.45) is 0 Å². The topological polar surface area (TPSA) is 51.6 Å². The van der Waals surface area contributed by atoms with Crippen LogP contribution in [0.15, 0.2) is 401 Å².